The summed E-state index contributed by atoms with van der Waals surface area (Å²) in [6, 6.07) is 0.390. The standard InChI is InChI=1S/C11H21NO.C2H5NO.2ClH.Ti/c1-8-5-6-11(3,4)7-10(8)12-9(2)13;1-2(3)4;;;/h8,10H,5-7H2,1-4H3,(H,12,13);1H3,(H2,3,4);2*1H;/q;;;;+3/p-3. The van der Waals surface area contributed by atoms with Gasteiger partial charge in [0.05, 0.1) is 0 Å². The second-order valence-corrected chi connectivity index (χ2v) is 6.26. The first-order valence-corrected chi connectivity index (χ1v) is 7.16. The minimum Gasteiger partial charge on any atom is -1.00 e. The van der Waals surface area contributed by atoms with Crippen LogP contribution in [0.25, 0.3) is 0 Å². The van der Waals surface area contributed by atoms with Crippen molar-refractivity contribution in [1.29, 1.82) is 0 Å². The molecule has 0 aromatic heterocycles. The van der Waals surface area contributed by atoms with Crippen molar-refractivity contribution in [2.45, 2.75) is 59.9 Å². The summed E-state index contributed by atoms with van der Waals surface area (Å²) in [7, 11) is 0. The van der Waals surface area contributed by atoms with Crippen molar-refractivity contribution in [2.24, 2.45) is 11.3 Å². The number of nitrogens with one attached hydrogen (secondary N) is 2. The molecule has 2 atom stereocenters. The van der Waals surface area contributed by atoms with Gasteiger partial charge in [0, 0.05) is 13.0 Å². The molecule has 1 aliphatic carbocycles. The molecule has 1 saturated carbocycles. The largest absolute Gasteiger partial charge is 1.00 e. The molecule has 0 aromatic carbocycles. The fraction of sp³-hybridized carbons (Fsp3) is 0.846. The van der Waals surface area contributed by atoms with E-state index in [9.17, 15) is 9.59 Å². The molecule has 1 rings (SSSR count). The maximum absolute atomic E-state index is 11.0. The van der Waals surface area contributed by atoms with Crippen molar-refractivity contribution in [3.63, 3.8) is 0 Å². The molecule has 0 aromatic rings. The first-order chi connectivity index (χ1) is 8.18. The van der Waals surface area contributed by atoms with E-state index < -0.39 is 0 Å². The molecule has 20 heavy (non-hydrogen) atoms. The van der Waals surface area contributed by atoms with Crippen LogP contribution < -0.4 is 33.9 Å². The monoisotopic (exact) mass is 359 g/mol. The number of hydrogen-bond acceptors (Lipinski definition) is 2. The number of hydrogen-bond donors (Lipinski definition) is 2. The Bertz CT molecular complexity index is 302. The summed E-state index contributed by atoms with van der Waals surface area (Å²) in [5, 5.41) is 3.05. The van der Waals surface area contributed by atoms with Gasteiger partial charge in [0.15, 0.2) is 0 Å². The molecular formula is C13H25Cl2N2O2Ti. The van der Waals surface area contributed by atoms with Crippen LogP contribution in [0, 0.1) is 11.3 Å². The second kappa shape index (κ2) is 11.8. The van der Waals surface area contributed by atoms with Crippen LogP contribution in [-0.4, -0.2) is 17.9 Å². The first-order valence-electron chi connectivity index (χ1n) is 6.38. The van der Waals surface area contributed by atoms with E-state index in [0.717, 1.165) is 6.42 Å². The van der Waals surface area contributed by atoms with Gasteiger partial charge in [0.1, 0.15) is 0 Å². The van der Waals surface area contributed by atoms with Crippen LogP contribution in [0.1, 0.15) is 53.9 Å². The Kier molecular flexibility index (Phi) is 14.9. The predicted molar refractivity (Wildman–Crippen MR) is 68.2 cm³/mol. The van der Waals surface area contributed by atoms with Gasteiger partial charge in [-0.15, -0.1) is 0 Å². The Balaban J connectivity index is -0.000000361. The van der Waals surface area contributed by atoms with Crippen molar-refractivity contribution >= 4 is 11.8 Å². The summed E-state index contributed by atoms with van der Waals surface area (Å²) in [4.78, 5) is 20.7. The minimum atomic E-state index is 0. The van der Waals surface area contributed by atoms with Crippen LogP contribution >= 0.6 is 0 Å². The average Bonchev–Trinajstić information content (AvgIpc) is 2.23. The van der Waals surface area contributed by atoms with Gasteiger partial charge in [-0.3, -0.25) is 4.79 Å². The summed E-state index contributed by atoms with van der Waals surface area (Å²) < 4.78 is 2.39. The molecule has 7 heteroatoms. The van der Waals surface area contributed by atoms with Crippen molar-refractivity contribution in [2.75, 3.05) is 0 Å². The van der Waals surface area contributed by atoms with Gasteiger partial charge in [0.2, 0.25) is 5.91 Å². The third-order valence-corrected chi connectivity index (χ3v) is 3.85. The van der Waals surface area contributed by atoms with Gasteiger partial charge in [-0.1, -0.05) is 20.8 Å². The molecule has 2 amide bonds. The molecule has 0 heterocycles. The average molecular weight is 360 g/mol. The number of carbonyl (C=O) groups excluding carboxylic acids is 2. The van der Waals surface area contributed by atoms with Crippen LogP contribution in [0.4, 0.5) is 0 Å². The van der Waals surface area contributed by atoms with E-state index in [1.165, 1.54) is 19.8 Å². The Morgan fingerprint density at radius 1 is 1.15 bits per heavy atom. The zero-order valence-corrected chi connectivity index (χ0v) is 15.9. The van der Waals surface area contributed by atoms with E-state index >= 15 is 0 Å². The summed E-state index contributed by atoms with van der Waals surface area (Å²) in [5.74, 6) is 0.747. The molecule has 1 fully saturated rings. The van der Waals surface area contributed by atoms with Crippen LogP contribution in [-0.2, 0) is 30.3 Å². The maximum atomic E-state index is 11.0. The fourth-order valence-corrected chi connectivity index (χ4v) is 2.17. The number of rotatable bonds is 1. The Morgan fingerprint density at radius 3 is 1.95 bits per heavy atom. The molecule has 117 valence electrons. The van der Waals surface area contributed by atoms with E-state index in [4.69, 9.17) is 0 Å². The third kappa shape index (κ3) is 12.0. The summed E-state index contributed by atoms with van der Waals surface area (Å²) >= 11 is 1.60. The van der Waals surface area contributed by atoms with E-state index in [-0.39, 0.29) is 36.6 Å². The van der Waals surface area contributed by atoms with Crippen molar-refractivity contribution in [3.05, 3.63) is 0 Å². The number of amides is 2. The molecule has 2 unspecified atom stereocenters. The molecule has 4 nitrogen and oxygen atoms in total. The number of carbonyl (C=O) groups is 2. The maximum Gasteiger partial charge on any atom is -1.00 e. The third-order valence-electron chi connectivity index (χ3n) is 3.30. The van der Waals surface area contributed by atoms with Crippen molar-refractivity contribution < 1.29 is 55.1 Å². The Hall–Kier alpha value is 0.234. The van der Waals surface area contributed by atoms with Gasteiger partial charge in [-0.05, 0) is 30.6 Å². The van der Waals surface area contributed by atoms with Crippen LogP contribution in [0.3, 0.4) is 0 Å². The van der Waals surface area contributed by atoms with Gasteiger partial charge in [-0.2, -0.15) is 0 Å². The molecule has 0 radical (unpaired) electrons. The predicted octanol–water partition coefficient (Wildman–Crippen LogP) is -4.07. The molecule has 0 saturated heterocycles. The van der Waals surface area contributed by atoms with Gasteiger partial charge >= 0.3 is 42.1 Å². The number of halogens is 2. The summed E-state index contributed by atoms with van der Waals surface area (Å²) in [6.45, 7) is 9.88. The zero-order chi connectivity index (χ0) is 14.3. The van der Waals surface area contributed by atoms with Crippen molar-refractivity contribution in [1.82, 2.24) is 9.12 Å². The fourth-order valence-electron chi connectivity index (χ4n) is 2.17. The van der Waals surface area contributed by atoms with E-state index in [0.29, 0.717) is 17.4 Å². The molecule has 1 aliphatic rings. The van der Waals surface area contributed by atoms with Crippen LogP contribution in [0.5, 0.6) is 0 Å². The van der Waals surface area contributed by atoms with Crippen LogP contribution in [0.2, 0.25) is 0 Å². The summed E-state index contributed by atoms with van der Waals surface area (Å²) in [6.07, 6.45) is 3.63. The van der Waals surface area contributed by atoms with Crippen LogP contribution in [0.15, 0.2) is 0 Å². The molecule has 0 bridgehead atoms. The molecular weight excluding hydrogens is 335 g/mol. The minimum absolute atomic E-state index is 0. The normalized spacial score (nSPS) is 22.9. The quantitative estimate of drug-likeness (QED) is 0.468. The van der Waals surface area contributed by atoms with Crippen molar-refractivity contribution in [3.8, 4) is 0 Å². The zero-order valence-electron chi connectivity index (χ0n) is 12.8. The Morgan fingerprint density at radius 2 is 1.60 bits per heavy atom. The molecule has 2 N–H and O–H groups in total. The molecule has 0 aliphatic heterocycles. The van der Waals surface area contributed by atoms with E-state index in [2.05, 4.69) is 29.9 Å². The first kappa shape index (κ1) is 25.2. The second-order valence-electron chi connectivity index (χ2n) is 5.87. The Labute approximate surface area is 147 Å². The van der Waals surface area contributed by atoms with Gasteiger partial charge in [-0.25, -0.2) is 0 Å². The van der Waals surface area contributed by atoms with Gasteiger partial charge < -0.3 is 30.1 Å². The van der Waals surface area contributed by atoms with E-state index in [1.54, 1.807) is 27.6 Å². The van der Waals surface area contributed by atoms with Gasteiger partial charge in [0.25, 0.3) is 0 Å². The molecule has 0 spiro atoms. The summed E-state index contributed by atoms with van der Waals surface area (Å²) in [5.41, 5.74) is 0.402. The SMILES string of the molecule is CC(=O)NC1CC(C)(C)CCC1C.CC(=O)[NH][Ti+2].[Cl-].[Cl-]. The topological polar surface area (TPSA) is 58.2 Å². The smallest absolute Gasteiger partial charge is 1.00 e. The van der Waals surface area contributed by atoms with E-state index in [1.807, 2.05) is 0 Å².